The summed E-state index contributed by atoms with van der Waals surface area (Å²) in [6.07, 6.45) is 8.74. The fourth-order valence-corrected chi connectivity index (χ4v) is 3.76. The van der Waals surface area contributed by atoms with E-state index in [1.807, 2.05) is 0 Å². The molecule has 110 valence electrons. The monoisotopic (exact) mass is 267 g/mol. The number of hydrogen-bond acceptors (Lipinski definition) is 3. The summed E-state index contributed by atoms with van der Waals surface area (Å²) in [5.74, 6) is 0.732. The zero-order chi connectivity index (χ0) is 13.7. The van der Waals surface area contributed by atoms with Crippen molar-refractivity contribution < 1.29 is 4.79 Å². The molecule has 0 bridgehead atoms. The Kier molecular flexibility index (Phi) is 5.64. The SMILES string of the molecule is CCC1CCC(N(CC(N)=O)C2CCNCC2)CC1. The van der Waals surface area contributed by atoms with Crippen LogP contribution in [-0.4, -0.2) is 42.5 Å². The lowest BCUT2D eigenvalue weighted by Crippen LogP contribution is -2.51. The van der Waals surface area contributed by atoms with Gasteiger partial charge in [-0.1, -0.05) is 13.3 Å². The van der Waals surface area contributed by atoms with Gasteiger partial charge in [0.25, 0.3) is 0 Å². The van der Waals surface area contributed by atoms with Crippen molar-refractivity contribution in [2.75, 3.05) is 19.6 Å². The molecule has 4 nitrogen and oxygen atoms in total. The molecule has 1 saturated carbocycles. The van der Waals surface area contributed by atoms with E-state index in [9.17, 15) is 4.79 Å². The zero-order valence-corrected chi connectivity index (χ0v) is 12.2. The van der Waals surface area contributed by atoms with Crippen LogP contribution in [0.5, 0.6) is 0 Å². The molecule has 19 heavy (non-hydrogen) atoms. The number of amides is 1. The maximum Gasteiger partial charge on any atom is 0.231 e. The number of carbonyl (C=O) groups excluding carboxylic acids is 1. The van der Waals surface area contributed by atoms with E-state index in [0.717, 1.165) is 31.8 Å². The number of nitrogens with two attached hydrogens (primary N) is 1. The summed E-state index contributed by atoms with van der Waals surface area (Å²) < 4.78 is 0. The Bertz CT molecular complexity index is 281. The van der Waals surface area contributed by atoms with Crippen molar-refractivity contribution in [3.05, 3.63) is 0 Å². The second-order valence-electron chi connectivity index (χ2n) is 6.20. The molecule has 0 aromatic heterocycles. The fraction of sp³-hybridized carbons (Fsp3) is 0.933. The van der Waals surface area contributed by atoms with Gasteiger partial charge in [0.15, 0.2) is 0 Å². The van der Waals surface area contributed by atoms with E-state index in [4.69, 9.17) is 5.73 Å². The Morgan fingerprint density at radius 3 is 2.21 bits per heavy atom. The number of primary amides is 1. The van der Waals surface area contributed by atoms with E-state index in [0.29, 0.717) is 18.6 Å². The molecule has 1 aliphatic carbocycles. The summed E-state index contributed by atoms with van der Waals surface area (Å²) in [6, 6.07) is 1.13. The molecule has 2 aliphatic rings. The largest absolute Gasteiger partial charge is 0.369 e. The molecular weight excluding hydrogens is 238 g/mol. The fourth-order valence-electron chi connectivity index (χ4n) is 3.76. The van der Waals surface area contributed by atoms with Crippen LogP contribution in [0, 0.1) is 5.92 Å². The molecule has 4 heteroatoms. The first-order valence-corrected chi connectivity index (χ1v) is 7.95. The van der Waals surface area contributed by atoms with Crippen molar-refractivity contribution in [3.8, 4) is 0 Å². The first-order chi connectivity index (χ1) is 9.20. The van der Waals surface area contributed by atoms with Crippen LogP contribution in [0.3, 0.4) is 0 Å². The van der Waals surface area contributed by atoms with Gasteiger partial charge in [0, 0.05) is 12.1 Å². The minimum atomic E-state index is -0.170. The second kappa shape index (κ2) is 7.25. The van der Waals surface area contributed by atoms with Gasteiger partial charge in [-0.3, -0.25) is 9.69 Å². The Labute approximate surface area is 117 Å². The Morgan fingerprint density at radius 1 is 1.11 bits per heavy atom. The Hall–Kier alpha value is -0.610. The molecule has 2 fully saturated rings. The van der Waals surface area contributed by atoms with Gasteiger partial charge in [-0.15, -0.1) is 0 Å². The van der Waals surface area contributed by atoms with Crippen molar-refractivity contribution in [1.82, 2.24) is 10.2 Å². The normalized spacial score (nSPS) is 29.6. The zero-order valence-electron chi connectivity index (χ0n) is 12.2. The smallest absolute Gasteiger partial charge is 0.231 e. The van der Waals surface area contributed by atoms with Crippen molar-refractivity contribution in [3.63, 3.8) is 0 Å². The molecule has 2 rings (SSSR count). The van der Waals surface area contributed by atoms with E-state index >= 15 is 0 Å². The topological polar surface area (TPSA) is 58.4 Å². The second-order valence-corrected chi connectivity index (χ2v) is 6.20. The quantitative estimate of drug-likeness (QED) is 0.793. The van der Waals surface area contributed by atoms with Crippen molar-refractivity contribution in [1.29, 1.82) is 0 Å². The van der Waals surface area contributed by atoms with Crippen LogP contribution in [0.25, 0.3) is 0 Å². The van der Waals surface area contributed by atoms with Gasteiger partial charge in [-0.2, -0.15) is 0 Å². The van der Waals surface area contributed by atoms with Crippen LogP contribution in [0.1, 0.15) is 51.9 Å². The molecule has 0 aromatic carbocycles. The van der Waals surface area contributed by atoms with Crippen LogP contribution < -0.4 is 11.1 Å². The molecule has 0 unspecified atom stereocenters. The van der Waals surface area contributed by atoms with Gasteiger partial charge in [0.05, 0.1) is 6.54 Å². The van der Waals surface area contributed by atoms with Crippen molar-refractivity contribution in [2.45, 2.75) is 64.0 Å². The first-order valence-electron chi connectivity index (χ1n) is 7.95. The third kappa shape index (κ3) is 4.18. The lowest BCUT2D eigenvalue weighted by molar-refractivity contribution is -0.121. The first kappa shape index (κ1) is 14.8. The van der Waals surface area contributed by atoms with Gasteiger partial charge < -0.3 is 11.1 Å². The van der Waals surface area contributed by atoms with Crippen LogP contribution >= 0.6 is 0 Å². The highest BCUT2D eigenvalue weighted by Gasteiger charge is 2.31. The van der Waals surface area contributed by atoms with Gasteiger partial charge >= 0.3 is 0 Å². The summed E-state index contributed by atoms with van der Waals surface area (Å²) in [5, 5.41) is 3.40. The minimum Gasteiger partial charge on any atom is -0.369 e. The molecule has 1 aliphatic heterocycles. The number of nitrogens with one attached hydrogen (secondary N) is 1. The number of nitrogens with zero attached hydrogens (tertiary/aromatic N) is 1. The molecular formula is C15H29N3O. The van der Waals surface area contributed by atoms with Gasteiger partial charge in [-0.05, 0) is 57.5 Å². The van der Waals surface area contributed by atoms with E-state index in [-0.39, 0.29) is 5.91 Å². The van der Waals surface area contributed by atoms with Gasteiger partial charge in [0.2, 0.25) is 5.91 Å². The third-order valence-corrected chi connectivity index (χ3v) is 4.98. The number of rotatable bonds is 5. The summed E-state index contributed by atoms with van der Waals surface area (Å²) in [6.45, 7) is 4.89. The van der Waals surface area contributed by atoms with Crippen molar-refractivity contribution in [2.24, 2.45) is 11.7 Å². The summed E-state index contributed by atoms with van der Waals surface area (Å²) in [5.41, 5.74) is 5.46. The number of hydrogen-bond donors (Lipinski definition) is 2. The third-order valence-electron chi connectivity index (χ3n) is 4.98. The highest BCUT2D eigenvalue weighted by molar-refractivity contribution is 5.76. The minimum absolute atomic E-state index is 0.170. The average Bonchev–Trinajstić information content (AvgIpc) is 2.46. The molecule has 1 saturated heterocycles. The molecule has 1 amide bonds. The molecule has 3 N–H and O–H groups in total. The molecule has 1 heterocycles. The van der Waals surface area contributed by atoms with Crippen LogP contribution in [0.4, 0.5) is 0 Å². The maximum atomic E-state index is 11.4. The Morgan fingerprint density at radius 2 is 1.68 bits per heavy atom. The van der Waals surface area contributed by atoms with Gasteiger partial charge in [0.1, 0.15) is 0 Å². The average molecular weight is 267 g/mol. The number of piperidine rings is 1. The highest BCUT2D eigenvalue weighted by Crippen LogP contribution is 2.31. The predicted octanol–water partition coefficient (Wildman–Crippen LogP) is 1.49. The van der Waals surface area contributed by atoms with Crippen LogP contribution in [-0.2, 0) is 4.79 Å². The standard InChI is InChI=1S/C15H29N3O/c1-2-12-3-5-13(6-4-12)18(11-15(16)19)14-7-9-17-10-8-14/h12-14,17H,2-11H2,1H3,(H2,16,19). The van der Waals surface area contributed by atoms with E-state index < -0.39 is 0 Å². The maximum absolute atomic E-state index is 11.4. The lowest BCUT2D eigenvalue weighted by Gasteiger charge is -2.42. The van der Waals surface area contributed by atoms with Crippen LogP contribution in [0.2, 0.25) is 0 Å². The summed E-state index contributed by atoms with van der Waals surface area (Å²) in [7, 11) is 0. The summed E-state index contributed by atoms with van der Waals surface area (Å²) >= 11 is 0. The van der Waals surface area contributed by atoms with E-state index in [1.54, 1.807) is 0 Å². The van der Waals surface area contributed by atoms with Crippen LogP contribution in [0.15, 0.2) is 0 Å². The highest BCUT2D eigenvalue weighted by atomic mass is 16.1. The van der Waals surface area contributed by atoms with Crippen molar-refractivity contribution >= 4 is 5.91 Å². The van der Waals surface area contributed by atoms with Gasteiger partial charge in [-0.25, -0.2) is 0 Å². The summed E-state index contributed by atoms with van der Waals surface area (Å²) in [4.78, 5) is 13.8. The molecule has 0 aromatic rings. The Balaban J connectivity index is 1.94. The molecule has 0 spiro atoms. The van der Waals surface area contributed by atoms with E-state index in [2.05, 4.69) is 17.1 Å². The molecule has 0 radical (unpaired) electrons. The number of carbonyl (C=O) groups is 1. The molecule has 0 atom stereocenters. The van der Waals surface area contributed by atoms with E-state index in [1.165, 1.54) is 32.1 Å². The predicted molar refractivity (Wildman–Crippen MR) is 77.8 cm³/mol. The lowest BCUT2D eigenvalue weighted by atomic mass is 9.83.